The van der Waals surface area contributed by atoms with E-state index in [0.717, 1.165) is 38.0 Å². The quantitative estimate of drug-likeness (QED) is 0.398. The number of guanidine groups is 1. The molecule has 0 radical (unpaired) electrons. The van der Waals surface area contributed by atoms with Crippen molar-refractivity contribution in [3.8, 4) is 0 Å². The van der Waals surface area contributed by atoms with E-state index in [9.17, 15) is 0 Å². The number of rotatable bonds is 8. The molecule has 0 saturated carbocycles. The van der Waals surface area contributed by atoms with Crippen LogP contribution in [0, 0.1) is 0 Å². The van der Waals surface area contributed by atoms with Gasteiger partial charge in [0.1, 0.15) is 0 Å². The van der Waals surface area contributed by atoms with Crippen LogP contribution in [0.15, 0.2) is 47.8 Å². The van der Waals surface area contributed by atoms with E-state index in [-0.39, 0.29) is 0 Å². The van der Waals surface area contributed by atoms with E-state index < -0.39 is 0 Å². The summed E-state index contributed by atoms with van der Waals surface area (Å²) in [6.45, 7) is 3.80. The number of aromatic nitrogens is 2. The van der Waals surface area contributed by atoms with E-state index in [4.69, 9.17) is 5.73 Å². The maximum absolute atomic E-state index is 5.88. The first kappa shape index (κ1) is 16.1. The maximum atomic E-state index is 5.88. The topological polar surface area (TPSA) is 79.1 Å². The number of benzene rings is 1. The summed E-state index contributed by atoms with van der Waals surface area (Å²) in [5.74, 6) is 1.05. The number of hydrogen-bond acceptors (Lipinski definition) is 2. The van der Waals surface area contributed by atoms with Gasteiger partial charge in [0, 0.05) is 25.0 Å². The van der Waals surface area contributed by atoms with E-state index in [1.165, 1.54) is 5.56 Å². The number of nitrogens with zero attached hydrogens (tertiary/aromatic N) is 2. The van der Waals surface area contributed by atoms with Gasteiger partial charge in [-0.3, -0.25) is 4.99 Å². The van der Waals surface area contributed by atoms with Crippen LogP contribution in [0.3, 0.4) is 0 Å². The average molecular weight is 299 g/mol. The van der Waals surface area contributed by atoms with Crippen molar-refractivity contribution < 1.29 is 0 Å². The van der Waals surface area contributed by atoms with E-state index in [2.05, 4.69) is 51.5 Å². The van der Waals surface area contributed by atoms with E-state index >= 15 is 0 Å². The second-order valence-electron chi connectivity index (χ2n) is 5.47. The fraction of sp³-hybridized carbons (Fsp3) is 0.412. The predicted octanol–water partition coefficient (Wildman–Crippen LogP) is 2.44. The number of aliphatic imine (C=N–C) groups is 1. The van der Waals surface area contributed by atoms with Gasteiger partial charge in [-0.05, 0) is 30.7 Å². The molecule has 22 heavy (non-hydrogen) atoms. The predicted molar refractivity (Wildman–Crippen MR) is 90.9 cm³/mol. The lowest BCUT2D eigenvalue weighted by Crippen LogP contribution is -2.33. The Bertz CT molecular complexity index is 548. The van der Waals surface area contributed by atoms with Crippen molar-refractivity contribution in [2.75, 3.05) is 13.1 Å². The molecule has 0 aliphatic carbocycles. The average Bonchev–Trinajstić information content (AvgIpc) is 3.06. The van der Waals surface area contributed by atoms with Gasteiger partial charge in [0.2, 0.25) is 0 Å². The molecule has 1 heterocycles. The summed E-state index contributed by atoms with van der Waals surface area (Å²) < 4.78 is 0. The minimum absolute atomic E-state index is 0.516. The fourth-order valence-corrected chi connectivity index (χ4v) is 2.31. The number of aromatic amines is 1. The largest absolute Gasteiger partial charge is 0.370 e. The first-order valence-electron chi connectivity index (χ1n) is 7.81. The molecule has 0 aliphatic rings. The van der Waals surface area contributed by atoms with Crippen molar-refractivity contribution in [2.24, 2.45) is 10.7 Å². The molecule has 0 spiro atoms. The van der Waals surface area contributed by atoms with Crippen molar-refractivity contribution in [2.45, 2.75) is 32.1 Å². The molecule has 0 bridgehead atoms. The highest BCUT2D eigenvalue weighted by atomic mass is 15.1. The third kappa shape index (κ3) is 5.60. The van der Waals surface area contributed by atoms with Crippen LogP contribution in [-0.4, -0.2) is 29.0 Å². The van der Waals surface area contributed by atoms with E-state index in [0.29, 0.717) is 11.9 Å². The number of nitrogens with two attached hydrogens (primary N) is 1. The van der Waals surface area contributed by atoms with Gasteiger partial charge in [-0.2, -0.15) is 0 Å². The molecule has 4 N–H and O–H groups in total. The van der Waals surface area contributed by atoms with Crippen molar-refractivity contribution in [3.05, 3.63) is 54.1 Å². The van der Waals surface area contributed by atoms with Crippen molar-refractivity contribution in [1.29, 1.82) is 0 Å². The number of nitrogens with one attached hydrogen (secondary N) is 2. The maximum Gasteiger partial charge on any atom is 0.188 e. The summed E-state index contributed by atoms with van der Waals surface area (Å²) in [7, 11) is 0. The lowest BCUT2D eigenvalue weighted by molar-refractivity contribution is 0.658. The minimum atomic E-state index is 0.516. The lowest BCUT2D eigenvalue weighted by atomic mass is 9.98. The molecule has 0 saturated heterocycles. The highest BCUT2D eigenvalue weighted by molar-refractivity contribution is 5.77. The molecule has 1 aromatic heterocycles. The molecule has 0 fully saturated rings. The minimum Gasteiger partial charge on any atom is -0.370 e. The lowest BCUT2D eigenvalue weighted by Gasteiger charge is -2.12. The molecule has 1 unspecified atom stereocenters. The third-order valence-corrected chi connectivity index (χ3v) is 3.69. The fourth-order valence-electron chi connectivity index (χ4n) is 2.31. The monoisotopic (exact) mass is 299 g/mol. The highest BCUT2D eigenvalue weighted by Crippen LogP contribution is 2.17. The smallest absolute Gasteiger partial charge is 0.188 e. The normalized spacial score (nSPS) is 13.0. The van der Waals surface area contributed by atoms with Gasteiger partial charge in [0.05, 0.1) is 6.33 Å². The first-order chi connectivity index (χ1) is 10.8. The summed E-state index contributed by atoms with van der Waals surface area (Å²) in [5.41, 5.74) is 8.37. The van der Waals surface area contributed by atoms with E-state index in [1.807, 2.05) is 12.3 Å². The zero-order chi connectivity index (χ0) is 15.6. The zero-order valence-electron chi connectivity index (χ0n) is 13.1. The van der Waals surface area contributed by atoms with Crippen molar-refractivity contribution >= 4 is 5.96 Å². The molecule has 118 valence electrons. The summed E-state index contributed by atoms with van der Waals surface area (Å²) in [6.07, 6.45) is 6.49. The molecule has 5 heteroatoms. The van der Waals surface area contributed by atoms with Crippen LogP contribution in [0.25, 0.3) is 0 Å². The van der Waals surface area contributed by atoms with Gasteiger partial charge in [-0.25, -0.2) is 4.98 Å². The Morgan fingerprint density at radius 1 is 1.36 bits per heavy atom. The number of imidazole rings is 1. The summed E-state index contributed by atoms with van der Waals surface area (Å²) in [4.78, 5) is 11.4. The zero-order valence-corrected chi connectivity index (χ0v) is 13.1. The van der Waals surface area contributed by atoms with Crippen molar-refractivity contribution in [3.63, 3.8) is 0 Å². The molecule has 2 aromatic rings. The highest BCUT2D eigenvalue weighted by Gasteiger charge is 2.04. The molecular formula is C17H25N5. The second kappa shape index (κ2) is 8.87. The molecule has 2 rings (SSSR count). The van der Waals surface area contributed by atoms with Gasteiger partial charge in [-0.1, -0.05) is 37.3 Å². The Labute approximate surface area is 132 Å². The summed E-state index contributed by atoms with van der Waals surface area (Å²) in [5, 5.41) is 3.18. The Balaban J connectivity index is 1.60. The van der Waals surface area contributed by atoms with Crippen LogP contribution in [0.2, 0.25) is 0 Å². The van der Waals surface area contributed by atoms with E-state index in [1.54, 1.807) is 6.33 Å². The molecule has 5 nitrogen and oxygen atoms in total. The third-order valence-electron chi connectivity index (χ3n) is 3.69. The standard InChI is InChI=1S/C17H25N5/c1-14(15-6-3-2-4-7-15)9-11-21-17(18)20-10-5-8-16-12-19-13-22-16/h2-4,6-7,12-14H,5,8-11H2,1H3,(H,19,22)(H3,18,20,21). The number of aryl methyl sites for hydroxylation is 1. The molecular weight excluding hydrogens is 274 g/mol. The van der Waals surface area contributed by atoms with Crippen LogP contribution in [-0.2, 0) is 6.42 Å². The van der Waals surface area contributed by atoms with Gasteiger partial charge in [-0.15, -0.1) is 0 Å². The summed E-state index contributed by atoms with van der Waals surface area (Å²) in [6, 6.07) is 10.5. The van der Waals surface area contributed by atoms with Gasteiger partial charge in [0.15, 0.2) is 5.96 Å². The van der Waals surface area contributed by atoms with Crippen LogP contribution in [0.4, 0.5) is 0 Å². The van der Waals surface area contributed by atoms with Crippen LogP contribution in [0.1, 0.15) is 36.9 Å². The van der Waals surface area contributed by atoms with Crippen LogP contribution < -0.4 is 11.1 Å². The Hall–Kier alpha value is -2.30. The Morgan fingerprint density at radius 2 is 2.18 bits per heavy atom. The van der Waals surface area contributed by atoms with Crippen LogP contribution in [0.5, 0.6) is 0 Å². The molecule has 0 amide bonds. The molecule has 1 aromatic carbocycles. The summed E-state index contributed by atoms with van der Waals surface area (Å²) >= 11 is 0. The number of hydrogen-bond donors (Lipinski definition) is 3. The molecule has 0 aliphatic heterocycles. The van der Waals surface area contributed by atoms with Gasteiger partial charge < -0.3 is 16.0 Å². The molecule has 1 atom stereocenters. The van der Waals surface area contributed by atoms with Crippen LogP contribution >= 0.6 is 0 Å². The Kier molecular flexibility index (Phi) is 6.48. The number of H-pyrrole nitrogens is 1. The van der Waals surface area contributed by atoms with Gasteiger partial charge >= 0.3 is 0 Å². The second-order valence-corrected chi connectivity index (χ2v) is 5.47. The first-order valence-corrected chi connectivity index (χ1v) is 7.81. The van der Waals surface area contributed by atoms with Gasteiger partial charge in [0.25, 0.3) is 0 Å². The van der Waals surface area contributed by atoms with Crippen molar-refractivity contribution in [1.82, 2.24) is 15.3 Å². The Morgan fingerprint density at radius 3 is 2.91 bits per heavy atom. The SMILES string of the molecule is CC(CCNC(N)=NCCCc1cnc[nH]1)c1ccccc1.